The Morgan fingerprint density at radius 1 is 1.34 bits per heavy atom. The number of rotatable bonds is 3. The highest BCUT2D eigenvalue weighted by Gasteiger charge is 2.41. The molecule has 0 spiro atoms. The van der Waals surface area contributed by atoms with Crippen molar-refractivity contribution in [2.75, 3.05) is 6.61 Å². The number of fused-ring (bicyclic) bond motifs is 2. The first-order valence-corrected chi connectivity index (χ1v) is 8.88. The second kappa shape index (κ2) is 6.96. The van der Waals surface area contributed by atoms with Crippen LogP contribution in [0.15, 0.2) is 29.2 Å². The molecule has 2 amide bonds. The largest absolute Gasteiger partial charge is 0.868 e. The molecule has 2 aliphatic heterocycles. The fourth-order valence-electron chi connectivity index (χ4n) is 3.56. The Morgan fingerprint density at radius 2 is 2.10 bits per heavy atom. The smallest absolute Gasteiger partial charge is 0.272 e. The minimum absolute atomic E-state index is 0.0133. The van der Waals surface area contributed by atoms with E-state index in [-0.39, 0.29) is 30.4 Å². The van der Waals surface area contributed by atoms with E-state index in [0.29, 0.717) is 12.7 Å². The lowest BCUT2D eigenvalue weighted by Crippen LogP contribution is -2.49. The van der Waals surface area contributed by atoms with Crippen LogP contribution in [0.5, 0.6) is 5.75 Å². The Morgan fingerprint density at radius 3 is 2.83 bits per heavy atom. The number of carbonyl (C=O) groups excluding carboxylic acids is 2. The SMILES string of the molecule is CC1CO[C@@H]2Cn3cc(C(=O)NCc4ccc(F)cc4F)c(=O)c([O-])c3C(=O)N12. The third-order valence-corrected chi connectivity index (χ3v) is 5.04. The fraction of sp³-hybridized carbons (Fsp3) is 0.316. The van der Waals surface area contributed by atoms with Crippen molar-refractivity contribution in [3.05, 3.63) is 63.1 Å². The van der Waals surface area contributed by atoms with Crippen molar-refractivity contribution in [1.82, 2.24) is 14.8 Å². The maximum Gasteiger partial charge on any atom is 0.272 e. The minimum atomic E-state index is -1.12. The van der Waals surface area contributed by atoms with Crippen LogP contribution in [-0.4, -0.2) is 40.2 Å². The molecule has 0 radical (unpaired) electrons. The first-order chi connectivity index (χ1) is 13.8. The quantitative estimate of drug-likeness (QED) is 0.794. The topological polar surface area (TPSA) is 104 Å². The molecule has 4 rings (SSSR count). The van der Waals surface area contributed by atoms with E-state index < -0.39 is 46.4 Å². The van der Waals surface area contributed by atoms with Crippen LogP contribution in [0, 0.1) is 11.6 Å². The van der Waals surface area contributed by atoms with E-state index >= 15 is 0 Å². The van der Waals surface area contributed by atoms with Gasteiger partial charge in [-0.1, -0.05) is 6.07 Å². The van der Waals surface area contributed by atoms with Gasteiger partial charge in [0.05, 0.1) is 19.2 Å². The Labute approximate surface area is 163 Å². The maximum absolute atomic E-state index is 13.7. The molecule has 152 valence electrons. The molecule has 0 saturated carbocycles. The van der Waals surface area contributed by atoms with Crippen molar-refractivity contribution in [2.45, 2.75) is 32.3 Å². The van der Waals surface area contributed by atoms with Crippen LogP contribution in [0.1, 0.15) is 33.3 Å². The van der Waals surface area contributed by atoms with Crippen molar-refractivity contribution >= 4 is 11.8 Å². The molecule has 1 unspecified atom stereocenters. The molecule has 3 heterocycles. The number of carbonyl (C=O) groups is 2. The molecule has 1 fully saturated rings. The van der Waals surface area contributed by atoms with Crippen molar-refractivity contribution in [3.8, 4) is 5.75 Å². The van der Waals surface area contributed by atoms with Gasteiger partial charge in [0.25, 0.3) is 11.8 Å². The van der Waals surface area contributed by atoms with E-state index in [0.717, 1.165) is 18.3 Å². The highest BCUT2D eigenvalue weighted by atomic mass is 19.1. The van der Waals surface area contributed by atoms with Crippen LogP contribution in [-0.2, 0) is 17.8 Å². The number of hydrogen-bond acceptors (Lipinski definition) is 5. The normalized spacial score (nSPS) is 20.4. The van der Waals surface area contributed by atoms with Crippen molar-refractivity contribution in [1.29, 1.82) is 0 Å². The van der Waals surface area contributed by atoms with Gasteiger partial charge in [-0.05, 0) is 18.7 Å². The summed E-state index contributed by atoms with van der Waals surface area (Å²) in [7, 11) is 0. The standard InChI is InChI=1S/C19H17F2N3O5/c1-9-8-29-14-7-23-6-12(16(25)17(26)15(23)19(28)24(9)14)18(27)22-5-10-2-3-11(20)4-13(10)21/h2-4,6,9,14,26H,5,7-8H2,1H3,(H,22,27)/p-1/t9?,14-/m1/s1. The third-order valence-electron chi connectivity index (χ3n) is 5.04. The van der Waals surface area contributed by atoms with Gasteiger partial charge in [-0.15, -0.1) is 0 Å². The highest BCUT2D eigenvalue weighted by molar-refractivity contribution is 5.99. The molecule has 8 nitrogen and oxygen atoms in total. The summed E-state index contributed by atoms with van der Waals surface area (Å²) in [5, 5.41) is 14.8. The molecule has 2 aromatic rings. The van der Waals surface area contributed by atoms with Gasteiger partial charge >= 0.3 is 0 Å². The van der Waals surface area contributed by atoms with E-state index in [9.17, 15) is 28.3 Å². The van der Waals surface area contributed by atoms with Gasteiger partial charge in [0, 0.05) is 24.4 Å². The van der Waals surface area contributed by atoms with Gasteiger partial charge in [0.15, 0.2) is 11.7 Å². The summed E-state index contributed by atoms with van der Waals surface area (Å²) < 4.78 is 33.5. The number of aromatic nitrogens is 1. The number of amides is 2. The summed E-state index contributed by atoms with van der Waals surface area (Å²) in [6, 6.07) is 2.64. The summed E-state index contributed by atoms with van der Waals surface area (Å²) in [6.07, 6.45) is 0.549. The number of pyridine rings is 1. The van der Waals surface area contributed by atoms with E-state index in [1.54, 1.807) is 6.92 Å². The molecule has 1 aromatic heterocycles. The van der Waals surface area contributed by atoms with Crippen LogP contribution in [0.4, 0.5) is 8.78 Å². The zero-order chi connectivity index (χ0) is 20.9. The summed E-state index contributed by atoms with van der Waals surface area (Å²) in [5.41, 5.74) is -1.88. The molecule has 0 bridgehead atoms. The Bertz CT molecular complexity index is 1080. The number of nitrogens with zero attached hydrogens (tertiary/aromatic N) is 2. The molecular weight excluding hydrogens is 388 g/mol. The van der Waals surface area contributed by atoms with Crippen molar-refractivity contribution < 1.29 is 28.2 Å². The number of hydrogen-bond donors (Lipinski definition) is 1. The molecule has 2 atom stereocenters. The lowest BCUT2D eigenvalue weighted by atomic mass is 10.1. The Hall–Kier alpha value is -3.27. The maximum atomic E-state index is 13.7. The summed E-state index contributed by atoms with van der Waals surface area (Å²) >= 11 is 0. The molecule has 10 heteroatoms. The van der Waals surface area contributed by atoms with E-state index in [4.69, 9.17) is 4.74 Å². The Balaban J connectivity index is 1.62. The van der Waals surface area contributed by atoms with Gasteiger partial charge in [0.1, 0.15) is 22.9 Å². The average molecular weight is 404 g/mol. The van der Waals surface area contributed by atoms with Gasteiger partial charge in [-0.2, -0.15) is 0 Å². The van der Waals surface area contributed by atoms with Crippen LogP contribution in [0.25, 0.3) is 0 Å². The average Bonchev–Trinajstić information content (AvgIpc) is 3.04. The van der Waals surface area contributed by atoms with Crippen molar-refractivity contribution in [2.24, 2.45) is 0 Å². The van der Waals surface area contributed by atoms with Gasteiger partial charge in [-0.25, -0.2) is 8.78 Å². The van der Waals surface area contributed by atoms with E-state index in [1.165, 1.54) is 9.47 Å². The first-order valence-electron chi connectivity index (χ1n) is 8.88. The molecule has 1 saturated heterocycles. The zero-order valence-electron chi connectivity index (χ0n) is 15.3. The highest BCUT2D eigenvalue weighted by Crippen LogP contribution is 2.28. The van der Waals surface area contributed by atoms with Gasteiger partial charge in [-0.3, -0.25) is 14.4 Å². The first kappa shape index (κ1) is 19.1. The lowest BCUT2D eigenvalue weighted by Gasteiger charge is -2.35. The second-order valence-electron chi connectivity index (χ2n) is 6.97. The fourth-order valence-corrected chi connectivity index (χ4v) is 3.56. The summed E-state index contributed by atoms with van der Waals surface area (Å²) in [5.74, 6) is -4.21. The number of halogens is 2. The number of nitrogens with one attached hydrogen (secondary N) is 1. The minimum Gasteiger partial charge on any atom is -0.868 e. The molecule has 1 aromatic carbocycles. The second-order valence-corrected chi connectivity index (χ2v) is 6.97. The predicted octanol–water partition coefficient (Wildman–Crippen LogP) is 0.331. The molecular formula is C19H16F2N3O5-. The number of ether oxygens (including phenoxy) is 1. The molecule has 29 heavy (non-hydrogen) atoms. The van der Waals surface area contributed by atoms with Gasteiger partial charge in [0.2, 0.25) is 0 Å². The number of benzene rings is 1. The third kappa shape index (κ3) is 3.15. The Kier molecular flexibility index (Phi) is 4.58. The summed E-state index contributed by atoms with van der Waals surface area (Å²) in [6.45, 7) is 1.87. The summed E-state index contributed by atoms with van der Waals surface area (Å²) in [4.78, 5) is 38.9. The molecule has 0 aliphatic carbocycles. The van der Waals surface area contributed by atoms with Gasteiger partial charge < -0.3 is 24.6 Å². The van der Waals surface area contributed by atoms with Crippen LogP contribution < -0.4 is 15.9 Å². The van der Waals surface area contributed by atoms with Crippen LogP contribution in [0.2, 0.25) is 0 Å². The zero-order valence-corrected chi connectivity index (χ0v) is 15.3. The van der Waals surface area contributed by atoms with Crippen LogP contribution in [0.3, 0.4) is 0 Å². The predicted molar refractivity (Wildman–Crippen MR) is 93.0 cm³/mol. The molecule has 2 aliphatic rings. The van der Waals surface area contributed by atoms with Crippen LogP contribution >= 0.6 is 0 Å². The van der Waals surface area contributed by atoms with E-state index in [2.05, 4.69) is 5.32 Å². The molecule has 1 N–H and O–H groups in total. The monoisotopic (exact) mass is 404 g/mol. The van der Waals surface area contributed by atoms with Crippen molar-refractivity contribution in [3.63, 3.8) is 0 Å². The lowest BCUT2D eigenvalue weighted by molar-refractivity contribution is -0.271. The van der Waals surface area contributed by atoms with E-state index in [1.807, 2.05) is 0 Å².